The molecular formula is C21H25ClN2O4. The van der Waals surface area contributed by atoms with Crippen LogP contribution >= 0.6 is 0 Å². The summed E-state index contributed by atoms with van der Waals surface area (Å²) in [5.74, 6) is 1.05. The highest BCUT2D eigenvalue weighted by Gasteiger charge is 2.35. The molecule has 2 amide bonds. The van der Waals surface area contributed by atoms with Crippen molar-refractivity contribution in [3.05, 3.63) is 59.2 Å². The number of carbonyl (C=O) groups is 2. The SMILES string of the molecule is COc1ccc(CC[NH+](C)CCN2C(=O)c3ccccc3C2=O)cc1OC.[Cl-]. The van der Waals surface area contributed by atoms with Gasteiger partial charge < -0.3 is 26.8 Å². The number of amides is 2. The normalized spacial score (nSPS) is 13.8. The fraction of sp³-hybridized carbons (Fsp3) is 0.333. The summed E-state index contributed by atoms with van der Waals surface area (Å²) in [5, 5.41) is 0. The first-order valence-corrected chi connectivity index (χ1v) is 9.02. The number of imide groups is 1. The topological polar surface area (TPSA) is 60.3 Å². The molecule has 7 heteroatoms. The number of hydrogen-bond donors (Lipinski definition) is 1. The van der Waals surface area contributed by atoms with Crippen molar-refractivity contribution < 1.29 is 36.4 Å². The average molecular weight is 405 g/mol. The third kappa shape index (κ3) is 4.46. The predicted octanol–water partition coefficient (Wildman–Crippen LogP) is -1.94. The second-order valence-corrected chi connectivity index (χ2v) is 6.70. The molecule has 1 unspecified atom stereocenters. The van der Waals surface area contributed by atoms with Crippen LogP contribution in [-0.2, 0) is 6.42 Å². The van der Waals surface area contributed by atoms with E-state index in [2.05, 4.69) is 7.05 Å². The molecule has 0 fully saturated rings. The van der Waals surface area contributed by atoms with Gasteiger partial charge in [0.15, 0.2) is 11.5 Å². The van der Waals surface area contributed by atoms with Crippen LogP contribution in [0.4, 0.5) is 0 Å². The monoisotopic (exact) mass is 404 g/mol. The summed E-state index contributed by atoms with van der Waals surface area (Å²) in [6.07, 6.45) is 0.869. The lowest BCUT2D eigenvalue weighted by molar-refractivity contribution is -0.878. The van der Waals surface area contributed by atoms with Crippen molar-refractivity contribution in [3.63, 3.8) is 0 Å². The summed E-state index contributed by atoms with van der Waals surface area (Å²) in [6, 6.07) is 12.9. The van der Waals surface area contributed by atoms with Crippen molar-refractivity contribution in [1.82, 2.24) is 4.90 Å². The summed E-state index contributed by atoms with van der Waals surface area (Å²) in [5.41, 5.74) is 2.17. The summed E-state index contributed by atoms with van der Waals surface area (Å²) in [7, 11) is 5.31. The Morgan fingerprint density at radius 3 is 2.07 bits per heavy atom. The summed E-state index contributed by atoms with van der Waals surface area (Å²) in [4.78, 5) is 27.4. The lowest BCUT2D eigenvalue weighted by Crippen LogP contribution is -3.10. The molecule has 0 saturated carbocycles. The maximum Gasteiger partial charge on any atom is 0.261 e. The molecule has 2 aromatic carbocycles. The van der Waals surface area contributed by atoms with Crippen LogP contribution in [0.25, 0.3) is 0 Å². The van der Waals surface area contributed by atoms with Crippen LogP contribution in [0, 0.1) is 0 Å². The number of methoxy groups -OCH3 is 2. The number of halogens is 1. The van der Waals surface area contributed by atoms with Gasteiger partial charge in [0.2, 0.25) is 0 Å². The van der Waals surface area contributed by atoms with E-state index in [1.807, 2.05) is 18.2 Å². The Bertz CT molecular complexity index is 821. The Hall–Kier alpha value is -2.57. The average Bonchev–Trinajstić information content (AvgIpc) is 2.95. The molecule has 1 atom stereocenters. The highest BCUT2D eigenvalue weighted by molar-refractivity contribution is 6.21. The molecule has 2 aromatic rings. The number of nitrogens with one attached hydrogen (secondary N) is 1. The number of ether oxygens (including phenoxy) is 2. The Balaban J connectivity index is 0.00000280. The summed E-state index contributed by atoms with van der Waals surface area (Å²) in [6.45, 7) is 2.02. The van der Waals surface area contributed by atoms with Gasteiger partial charge in [0.05, 0.1) is 52.0 Å². The van der Waals surface area contributed by atoms with Crippen LogP contribution in [0.5, 0.6) is 11.5 Å². The van der Waals surface area contributed by atoms with Crippen LogP contribution in [0.1, 0.15) is 26.3 Å². The number of benzene rings is 2. The van der Waals surface area contributed by atoms with Gasteiger partial charge in [-0.25, -0.2) is 0 Å². The van der Waals surface area contributed by atoms with Crippen LogP contribution in [0.2, 0.25) is 0 Å². The maximum absolute atomic E-state index is 12.4. The Labute approximate surface area is 171 Å². The van der Waals surface area contributed by atoms with E-state index < -0.39 is 0 Å². The zero-order valence-corrected chi connectivity index (χ0v) is 17.1. The van der Waals surface area contributed by atoms with E-state index in [0.717, 1.165) is 24.3 Å². The molecule has 0 saturated heterocycles. The predicted molar refractivity (Wildman–Crippen MR) is 102 cm³/mol. The fourth-order valence-electron chi connectivity index (χ4n) is 3.26. The third-order valence-corrected chi connectivity index (χ3v) is 4.93. The molecule has 1 aliphatic rings. The van der Waals surface area contributed by atoms with Crippen molar-refractivity contribution in [3.8, 4) is 11.5 Å². The van der Waals surface area contributed by atoms with Gasteiger partial charge in [-0.05, 0) is 29.8 Å². The van der Waals surface area contributed by atoms with Crippen molar-refractivity contribution in [2.45, 2.75) is 6.42 Å². The van der Waals surface area contributed by atoms with Crippen LogP contribution in [-0.4, -0.2) is 57.6 Å². The number of nitrogens with zero attached hydrogens (tertiary/aromatic N) is 1. The minimum atomic E-state index is -0.191. The summed E-state index contributed by atoms with van der Waals surface area (Å²) >= 11 is 0. The Morgan fingerprint density at radius 1 is 0.893 bits per heavy atom. The number of rotatable bonds is 8. The zero-order chi connectivity index (χ0) is 19.4. The second kappa shape index (κ2) is 9.57. The fourth-order valence-corrected chi connectivity index (χ4v) is 3.26. The van der Waals surface area contributed by atoms with E-state index in [-0.39, 0.29) is 24.2 Å². The van der Waals surface area contributed by atoms with E-state index in [4.69, 9.17) is 9.47 Å². The largest absolute Gasteiger partial charge is 1.00 e. The minimum Gasteiger partial charge on any atom is -1.00 e. The second-order valence-electron chi connectivity index (χ2n) is 6.70. The van der Waals surface area contributed by atoms with Gasteiger partial charge in [0.25, 0.3) is 11.8 Å². The molecule has 3 rings (SSSR count). The molecule has 0 aromatic heterocycles. The molecule has 0 spiro atoms. The first kappa shape index (κ1) is 21.7. The standard InChI is InChI=1S/C21H24N2O4.ClH/c1-22(11-10-15-8-9-18(26-2)19(14-15)27-3)12-13-23-20(24)16-6-4-5-7-17(16)21(23)25;/h4-9,14H,10-13H2,1-3H3;1H. The van der Waals surface area contributed by atoms with E-state index in [1.165, 1.54) is 9.80 Å². The van der Waals surface area contributed by atoms with Crippen LogP contribution in [0.15, 0.2) is 42.5 Å². The molecule has 1 heterocycles. The van der Waals surface area contributed by atoms with Crippen molar-refractivity contribution in [1.29, 1.82) is 0 Å². The smallest absolute Gasteiger partial charge is 0.261 e. The molecular weight excluding hydrogens is 380 g/mol. The van der Waals surface area contributed by atoms with Crippen LogP contribution < -0.4 is 26.8 Å². The number of hydrogen-bond acceptors (Lipinski definition) is 4. The van der Waals surface area contributed by atoms with Gasteiger partial charge in [-0.1, -0.05) is 18.2 Å². The van der Waals surface area contributed by atoms with E-state index in [1.54, 1.807) is 38.5 Å². The highest BCUT2D eigenvalue weighted by Crippen LogP contribution is 2.27. The zero-order valence-electron chi connectivity index (χ0n) is 16.3. The van der Waals surface area contributed by atoms with Crippen molar-refractivity contribution in [2.24, 2.45) is 0 Å². The van der Waals surface area contributed by atoms with Crippen molar-refractivity contribution >= 4 is 11.8 Å². The molecule has 1 N–H and O–H groups in total. The van der Waals surface area contributed by atoms with E-state index >= 15 is 0 Å². The number of carbonyl (C=O) groups excluding carboxylic acids is 2. The third-order valence-electron chi connectivity index (χ3n) is 4.93. The Kier molecular flexibility index (Phi) is 7.43. The van der Waals surface area contributed by atoms with Gasteiger partial charge in [-0.2, -0.15) is 0 Å². The van der Waals surface area contributed by atoms with Gasteiger partial charge in [0.1, 0.15) is 0 Å². The van der Waals surface area contributed by atoms with E-state index in [9.17, 15) is 9.59 Å². The first-order chi connectivity index (χ1) is 13.0. The molecule has 6 nitrogen and oxygen atoms in total. The van der Waals surface area contributed by atoms with Gasteiger partial charge >= 0.3 is 0 Å². The number of likely N-dealkylation sites (N-methyl/N-ethyl adjacent to an activating group) is 1. The maximum atomic E-state index is 12.4. The summed E-state index contributed by atoms with van der Waals surface area (Å²) < 4.78 is 10.6. The molecule has 1 aliphatic heterocycles. The number of quaternary nitrogens is 1. The van der Waals surface area contributed by atoms with Gasteiger partial charge in [0, 0.05) is 6.42 Å². The van der Waals surface area contributed by atoms with Gasteiger partial charge in [-0.15, -0.1) is 0 Å². The molecule has 28 heavy (non-hydrogen) atoms. The lowest BCUT2D eigenvalue weighted by atomic mass is 10.1. The number of fused-ring (bicyclic) bond motifs is 1. The molecule has 0 radical (unpaired) electrons. The van der Waals surface area contributed by atoms with Crippen molar-refractivity contribution in [2.75, 3.05) is 40.9 Å². The Morgan fingerprint density at radius 2 is 1.50 bits per heavy atom. The molecule has 0 aliphatic carbocycles. The lowest BCUT2D eigenvalue weighted by Gasteiger charge is -2.18. The van der Waals surface area contributed by atoms with Gasteiger partial charge in [-0.3, -0.25) is 14.5 Å². The molecule has 150 valence electrons. The quantitative estimate of drug-likeness (QED) is 0.520. The van der Waals surface area contributed by atoms with E-state index in [0.29, 0.717) is 30.0 Å². The minimum absolute atomic E-state index is 0. The highest BCUT2D eigenvalue weighted by atomic mass is 35.5. The first-order valence-electron chi connectivity index (χ1n) is 9.02. The molecule has 0 bridgehead atoms. The van der Waals surface area contributed by atoms with Crippen LogP contribution in [0.3, 0.4) is 0 Å².